The molecule has 0 aromatic carbocycles. The van der Waals surface area contributed by atoms with Crippen molar-refractivity contribution in [3.05, 3.63) is 0 Å². The third-order valence-electron chi connectivity index (χ3n) is 1.36. The molecule has 0 unspecified atom stereocenters. The molecule has 0 radical (unpaired) electrons. The standard InChI is InChI=1S/C5H9.Sn/c1-2-4-5-3-1;/h1H,2-5H2;/q;+3. The molecule has 1 heteroatoms. The molecule has 0 bridgehead atoms. The van der Waals surface area contributed by atoms with Crippen LogP contribution in [0.1, 0.15) is 25.7 Å². The molecule has 0 aromatic rings. The Balaban J connectivity index is 2.18. The molecule has 0 spiro atoms. The molecular formula is C5H9Sn+3. The van der Waals surface area contributed by atoms with E-state index in [1.807, 2.05) is 0 Å². The fourth-order valence-electron chi connectivity index (χ4n) is 0.926. The van der Waals surface area contributed by atoms with Crippen molar-refractivity contribution in [2.75, 3.05) is 0 Å². The van der Waals surface area contributed by atoms with Gasteiger partial charge in [-0.1, -0.05) is 0 Å². The van der Waals surface area contributed by atoms with Crippen LogP contribution in [0.4, 0.5) is 0 Å². The zero-order valence-electron chi connectivity index (χ0n) is 3.91. The van der Waals surface area contributed by atoms with E-state index < -0.39 is 0 Å². The third-order valence-corrected chi connectivity index (χ3v) is 3.00. The Morgan fingerprint density at radius 1 is 1.17 bits per heavy atom. The Hall–Kier alpha value is 0.799. The van der Waals surface area contributed by atoms with Crippen LogP contribution in [0.3, 0.4) is 0 Å². The van der Waals surface area contributed by atoms with E-state index in [4.69, 9.17) is 0 Å². The van der Waals surface area contributed by atoms with E-state index >= 15 is 0 Å². The van der Waals surface area contributed by atoms with Gasteiger partial charge in [0, 0.05) is 0 Å². The summed E-state index contributed by atoms with van der Waals surface area (Å²) in [5.41, 5.74) is 0. The summed E-state index contributed by atoms with van der Waals surface area (Å²) in [6, 6.07) is 0. The Kier molecular flexibility index (Phi) is 1.81. The summed E-state index contributed by atoms with van der Waals surface area (Å²) in [5.74, 6) is 0. The van der Waals surface area contributed by atoms with Gasteiger partial charge in [0.2, 0.25) is 0 Å². The Morgan fingerprint density at radius 3 is 1.83 bits per heavy atom. The fourth-order valence-corrected chi connectivity index (χ4v) is 2.09. The molecule has 1 saturated carbocycles. The van der Waals surface area contributed by atoms with Crippen molar-refractivity contribution in [1.29, 1.82) is 0 Å². The predicted molar refractivity (Wildman–Crippen MR) is 28.0 cm³/mol. The molecule has 0 heterocycles. The van der Waals surface area contributed by atoms with Crippen LogP contribution in [0.25, 0.3) is 0 Å². The van der Waals surface area contributed by atoms with Gasteiger partial charge in [-0.3, -0.25) is 0 Å². The molecule has 0 saturated heterocycles. The molecule has 1 fully saturated rings. The van der Waals surface area contributed by atoms with Crippen LogP contribution in [0.15, 0.2) is 0 Å². The van der Waals surface area contributed by atoms with E-state index in [-0.39, 0.29) is 0 Å². The first-order valence-electron chi connectivity index (χ1n) is 2.61. The summed E-state index contributed by atoms with van der Waals surface area (Å²) < 4.78 is 1.14. The van der Waals surface area contributed by atoms with Crippen LogP contribution >= 0.6 is 0 Å². The summed E-state index contributed by atoms with van der Waals surface area (Å²) in [5, 5.41) is 0. The quantitative estimate of drug-likeness (QED) is 0.505. The average molecular weight is 188 g/mol. The summed E-state index contributed by atoms with van der Waals surface area (Å²) in [7, 11) is 0. The topological polar surface area (TPSA) is 0 Å². The van der Waals surface area contributed by atoms with E-state index in [1.165, 1.54) is 25.7 Å². The van der Waals surface area contributed by atoms with Crippen molar-refractivity contribution in [3.63, 3.8) is 0 Å². The van der Waals surface area contributed by atoms with E-state index in [1.54, 1.807) is 22.5 Å². The van der Waals surface area contributed by atoms with E-state index in [0.717, 1.165) is 3.93 Å². The maximum absolute atomic E-state index is 1.77. The fraction of sp³-hybridized carbons (Fsp3) is 1.00. The summed E-state index contributed by atoms with van der Waals surface area (Å²) in [6.45, 7) is 0. The van der Waals surface area contributed by atoms with Gasteiger partial charge >= 0.3 is 52.1 Å². The van der Waals surface area contributed by atoms with Gasteiger partial charge in [-0.2, -0.15) is 0 Å². The molecule has 0 atom stereocenters. The number of hydrogen-bond donors (Lipinski definition) is 0. The van der Waals surface area contributed by atoms with Gasteiger partial charge in [0.25, 0.3) is 0 Å². The number of hydrogen-bond acceptors (Lipinski definition) is 0. The predicted octanol–water partition coefficient (Wildman–Crippen LogP) is 1.52. The minimum atomic E-state index is 1.14. The van der Waals surface area contributed by atoms with Crippen molar-refractivity contribution < 1.29 is 0 Å². The van der Waals surface area contributed by atoms with Gasteiger partial charge in [0.05, 0.1) is 0 Å². The van der Waals surface area contributed by atoms with Crippen LogP contribution < -0.4 is 0 Å². The normalized spacial score (nSPS) is 25.7. The first kappa shape index (κ1) is 4.95. The second-order valence-electron chi connectivity index (χ2n) is 1.98. The zero-order valence-corrected chi connectivity index (χ0v) is 6.76. The molecule has 0 N–H and O–H groups in total. The van der Waals surface area contributed by atoms with E-state index in [9.17, 15) is 0 Å². The molecule has 1 rings (SSSR count). The molecule has 6 heavy (non-hydrogen) atoms. The van der Waals surface area contributed by atoms with Crippen molar-refractivity contribution in [3.8, 4) is 0 Å². The minimum absolute atomic E-state index is 1.14. The van der Waals surface area contributed by atoms with Gasteiger partial charge < -0.3 is 0 Å². The van der Waals surface area contributed by atoms with Gasteiger partial charge in [0.15, 0.2) is 0 Å². The van der Waals surface area contributed by atoms with E-state index in [0.29, 0.717) is 0 Å². The zero-order chi connectivity index (χ0) is 4.41. The van der Waals surface area contributed by atoms with Crippen molar-refractivity contribution in [1.82, 2.24) is 0 Å². The van der Waals surface area contributed by atoms with Crippen molar-refractivity contribution in [2.45, 2.75) is 29.6 Å². The van der Waals surface area contributed by atoms with Gasteiger partial charge in [0.1, 0.15) is 0 Å². The van der Waals surface area contributed by atoms with E-state index in [2.05, 4.69) is 0 Å². The molecule has 0 nitrogen and oxygen atoms in total. The first-order chi connectivity index (χ1) is 2.89. The Labute approximate surface area is 52.4 Å². The molecular weight excluding hydrogens is 179 g/mol. The molecule has 0 aliphatic heterocycles. The molecule has 0 aromatic heterocycles. The first-order valence-corrected chi connectivity index (χ1v) is 4.25. The molecule has 0 amide bonds. The maximum atomic E-state index is 1.77. The second kappa shape index (κ2) is 2.20. The van der Waals surface area contributed by atoms with Gasteiger partial charge in [-0.05, 0) is 0 Å². The number of rotatable bonds is 0. The van der Waals surface area contributed by atoms with Crippen LogP contribution in [-0.2, 0) is 0 Å². The van der Waals surface area contributed by atoms with Crippen LogP contribution in [0, 0.1) is 0 Å². The summed E-state index contributed by atoms with van der Waals surface area (Å²) in [4.78, 5) is 0. The van der Waals surface area contributed by atoms with Crippen molar-refractivity contribution >= 4 is 22.5 Å². The third kappa shape index (κ3) is 1.14. The molecule has 1 aliphatic carbocycles. The second-order valence-corrected chi connectivity index (χ2v) is 4.31. The Morgan fingerprint density at radius 2 is 1.67 bits per heavy atom. The Bertz CT molecular complexity index is 37.2. The van der Waals surface area contributed by atoms with Crippen molar-refractivity contribution in [2.24, 2.45) is 0 Å². The summed E-state index contributed by atoms with van der Waals surface area (Å²) in [6.07, 6.45) is 6.07. The SMILES string of the molecule is [Sn+3][CH]1CCCC1. The van der Waals surface area contributed by atoms with Crippen LogP contribution in [0.2, 0.25) is 3.93 Å². The van der Waals surface area contributed by atoms with Gasteiger partial charge in [-0.15, -0.1) is 0 Å². The average Bonchev–Trinajstić information content (AvgIpc) is 1.86. The molecule has 1 aliphatic rings. The van der Waals surface area contributed by atoms with Crippen LogP contribution in [-0.4, -0.2) is 22.5 Å². The van der Waals surface area contributed by atoms with Crippen LogP contribution in [0.5, 0.6) is 0 Å². The summed E-state index contributed by atoms with van der Waals surface area (Å²) >= 11 is 1.77. The molecule has 30 valence electrons. The monoisotopic (exact) mass is 189 g/mol. The van der Waals surface area contributed by atoms with Gasteiger partial charge in [-0.25, -0.2) is 0 Å².